The van der Waals surface area contributed by atoms with Crippen LogP contribution < -0.4 is 11.1 Å². The first-order valence-corrected chi connectivity index (χ1v) is 6.96. The summed E-state index contributed by atoms with van der Waals surface area (Å²) in [5.74, 6) is -0.570. The number of carbonyl (C=O) groups excluding carboxylic acids is 2. The SMILES string of the molecule is NC(=O)Cc1ccc(NC(=O)/C=C/c2ccsc2)cc1. The molecule has 5 heteroatoms. The Labute approximate surface area is 120 Å². The fraction of sp³-hybridized carbons (Fsp3) is 0.0667. The van der Waals surface area contributed by atoms with Gasteiger partial charge in [-0.2, -0.15) is 11.3 Å². The number of thiophene rings is 1. The van der Waals surface area contributed by atoms with E-state index < -0.39 is 0 Å². The van der Waals surface area contributed by atoms with Gasteiger partial charge in [0.1, 0.15) is 0 Å². The summed E-state index contributed by atoms with van der Waals surface area (Å²) >= 11 is 1.58. The van der Waals surface area contributed by atoms with E-state index in [4.69, 9.17) is 5.73 Å². The molecule has 1 aromatic heterocycles. The van der Waals surface area contributed by atoms with Crippen LogP contribution in [-0.2, 0) is 16.0 Å². The van der Waals surface area contributed by atoms with Crippen LogP contribution in [0.1, 0.15) is 11.1 Å². The number of benzene rings is 1. The maximum atomic E-state index is 11.7. The molecule has 20 heavy (non-hydrogen) atoms. The number of primary amides is 1. The van der Waals surface area contributed by atoms with E-state index in [0.29, 0.717) is 5.69 Å². The fourth-order valence-corrected chi connectivity index (χ4v) is 2.26. The molecule has 0 saturated carbocycles. The number of hydrogen-bond acceptors (Lipinski definition) is 3. The van der Waals surface area contributed by atoms with Crippen LogP contribution in [0.4, 0.5) is 5.69 Å². The van der Waals surface area contributed by atoms with E-state index in [1.54, 1.807) is 41.7 Å². The Morgan fingerprint density at radius 3 is 2.55 bits per heavy atom. The van der Waals surface area contributed by atoms with Gasteiger partial charge in [-0.25, -0.2) is 0 Å². The molecule has 0 fully saturated rings. The van der Waals surface area contributed by atoms with Crippen molar-refractivity contribution in [2.45, 2.75) is 6.42 Å². The third-order valence-corrected chi connectivity index (χ3v) is 3.27. The third kappa shape index (κ3) is 4.37. The Balaban J connectivity index is 1.92. The van der Waals surface area contributed by atoms with Crippen molar-refractivity contribution in [2.24, 2.45) is 5.73 Å². The predicted molar refractivity (Wildman–Crippen MR) is 81.3 cm³/mol. The molecule has 0 atom stereocenters. The van der Waals surface area contributed by atoms with Gasteiger partial charge in [-0.05, 0) is 46.2 Å². The van der Waals surface area contributed by atoms with Crippen molar-refractivity contribution < 1.29 is 9.59 Å². The summed E-state index contributed by atoms with van der Waals surface area (Å²) in [7, 11) is 0. The van der Waals surface area contributed by atoms with Gasteiger partial charge in [-0.15, -0.1) is 0 Å². The van der Waals surface area contributed by atoms with E-state index in [-0.39, 0.29) is 18.2 Å². The maximum Gasteiger partial charge on any atom is 0.248 e. The van der Waals surface area contributed by atoms with Crippen LogP contribution in [0.3, 0.4) is 0 Å². The van der Waals surface area contributed by atoms with Gasteiger partial charge in [0, 0.05) is 11.8 Å². The molecule has 0 aliphatic rings. The summed E-state index contributed by atoms with van der Waals surface area (Å²) < 4.78 is 0. The highest BCUT2D eigenvalue weighted by atomic mass is 32.1. The maximum absolute atomic E-state index is 11.7. The lowest BCUT2D eigenvalue weighted by molar-refractivity contribution is -0.117. The Bertz CT molecular complexity index is 616. The minimum atomic E-state index is -0.375. The molecule has 0 saturated heterocycles. The smallest absolute Gasteiger partial charge is 0.248 e. The Morgan fingerprint density at radius 2 is 1.95 bits per heavy atom. The van der Waals surface area contributed by atoms with Gasteiger partial charge in [0.15, 0.2) is 0 Å². The molecule has 2 amide bonds. The standard InChI is InChI=1S/C15H14N2O2S/c16-14(18)9-11-1-4-13(5-2-11)17-15(19)6-3-12-7-8-20-10-12/h1-8,10H,9H2,(H2,16,18)(H,17,19)/b6-3+. The van der Waals surface area contributed by atoms with Crippen LogP contribution in [0.5, 0.6) is 0 Å². The molecule has 102 valence electrons. The van der Waals surface area contributed by atoms with E-state index in [1.165, 1.54) is 6.08 Å². The topological polar surface area (TPSA) is 72.2 Å². The molecule has 0 aliphatic carbocycles. The molecule has 0 aliphatic heterocycles. The number of rotatable bonds is 5. The van der Waals surface area contributed by atoms with Crippen molar-refractivity contribution in [1.82, 2.24) is 0 Å². The summed E-state index contributed by atoms with van der Waals surface area (Å²) in [5.41, 5.74) is 7.62. The van der Waals surface area contributed by atoms with Gasteiger partial charge >= 0.3 is 0 Å². The van der Waals surface area contributed by atoms with E-state index in [1.807, 2.05) is 16.8 Å². The van der Waals surface area contributed by atoms with Crippen molar-refractivity contribution in [3.05, 3.63) is 58.3 Å². The van der Waals surface area contributed by atoms with Crippen molar-refractivity contribution in [1.29, 1.82) is 0 Å². The van der Waals surface area contributed by atoms with E-state index >= 15 is 0 Å². The van der Waals surface area contributed by atoms with E-state index in [0.717, 1.165) is 11.1 Å². The Kier molecular flexibility index (Phi) is 4.68. The molecular weight excluding hydrogens is 272 g/mol. The first-order chi connectivity index (χ1) is 9.63. The quantitative estimate of drug-likeness (QED) is 0.829. The summed E-state index contributed by atoms with van der Waals surface area (Å²) in [6.07, 6.45) is 3.44. The van der Waals surface area contributed by atoms with Crippen molar-refractivity contribution in [3.8, 4) is 0 Å². The van der Waals surface area contributed by atoms with Crippen LogP contribution >= 0.6 is 11.3 Å². The van der Waals surface area contributed by atoms with Crippen molar-refractivity contribution in [3.63, 3.8) is 0 Å². The van der Waals surface area contributed by atoms with Gasteiger partial charge in [-0.3, -0.25) is 9.59 Å². The van der Waals surface area contributed by atoms with Gasteiger partial charge in [0.25, 0.3) is 0 Å². The van der Waals surface area contributed by atoms with Gasteiger partial charge in [-0.1, -0.05) is 12.1 Å². The number of amides is 2. The molecule has 2 aromatic rings. The highest BCUT2D eigenvalue weighted by Gasteiger charge is 2.00. The van der Waals surface area contributed by atoms with Crippen LogP contribution in [0, 0.1) is 0 Å². The molecule has 1 heterocycles. The van der Waals surface area contributed by atoms with E-state index in [2.05, 4.69) is 5.32 Å². The average molecular weight is 286 g/mol. The third-order valence-electron chi connectivity index (χ3n) is 2.57. The molecule has 1 aromatic carbocycles. The second-order valence-electron chi connectivity index (χ2n) is 4.22. The molecule has 0 radical (unpaired) electrons. The molecule has 3 N–H and O–H groups in total. The summed E-state index contributed by atoms with van der Waals surface area (Å²) in [5, 5.41) is 6.66. The minimum absolute atomic E-state index is 0.196. The summed E-state index contributed by atoms with van der Waals surface area (Å²) in [6, 6.07) is 8.96. The predicted octanol–water partition coefficient (Wildman–Crippen LogP) is 2.43. The lowest BCUT2D eigenvalue weighted by Crippen LogP contribution is -2.13. The highest BCUT2D eigenvalue weighted by Crippen LogP contribution is 2.11. The van der Waals surface area contributed by atoms with Gasteiger partial charge in [0.05, 0.1) is 6.42 Å². The molecule has 2 rings (SSSR count). The lowest BCUT2D eigenvalue weighted by atomic mass is 10.1. The fourth-order valence-electron chi connectivity index (χ4n) is 1.63. The van der Waals surface area contributed by atoms with Crippen molar-refractivity contribution in [2.75, 3.05) is 5.32 Å². The Morgan fingerprint density at radius 1 is 1.20 bits per heavy atom. The number of anilines is 1. The lowest BCUT2D eigenvalue weighted by Gasteiger charge is -2.03. The second kappa shape index (κ2) is 6.68. The number of carbonyl (C=O) groups is 2. The summed E-state index contributed by atoms with van der Waals surface area (Å²) in [4.78, 5) is 22.5. The van der Waals surface area contributed by atoms with Gasteiger partial charge < -0.3 is 11.1 Å². The second-order valence-corrected chi connectivity index (χ2v) is 5.00. The number of nitrogens with two attached hydrogens (primary N) is 1. The number of hydrogen-bond donors (Lipinski definition) is 2. The minimum Gasteiger partial charge on any atom is -0.369 e. The van der Waals surface area contributed by atoms with Crippen LogP contribution in [-0.4, -0.2) is 11.8 Å². The first kappa shape index (κ1) is 14.0. The summed E-state index contributed by atoms with van der Waals surface area (Å²) in [6.45, 7) is 0. The van der Waals surface area contributed by atoms with Crippen LogP contribution in [0.2, 0.25) is 0 Å². The zero-order valence-electron chi connectivity index (χ0n) is 10.7. The van der Waals surface area contributed by atoms with Crippen LogP contribution in [0.15, 0.2) is 47.2 Å². The molecule has 0 unspecified atom stereocenters. The van der Waals surface area contributed by atoms with Gasteiger partial charge in [0.2, 0.25) is 11.8 Å². The largest absolute Gasteiger partial charge is 0.369 e. The van der Waals surface area contributed by atoms with Crippen LogP contribution in [0.25, 0.3) is 6.08 Å². The number of nitrogens with one attached hydrogen (secondary N) is 1. The zero-order valence-corrected chi connectivity index (χ0v) is 11.5. The molecular formula is C15H14N2O2S. The molecule has 0 spiro atoms. The zero-order chi connectivity index (χ0) is 14.4. The Hall–Kier alpha value is -2.40. The monoisotopic (exact) mass is 286 g/mol. The van der Waals surface area contributed by atoms with E-state index in [9.17, 15) is 9.59 Å². The average Bonchev–Trinajstić information content (AvgIpc) is 2.91. The molecule has 4 nitrogen and oxygen atoms in total. The first-order valence-electron chi connectivity index (χ1n) is 6.02. The molecule has 0 bridgehead atoms. The highest BCUT2D eigenvalue weighted by molar-refractivity contribution is 7.08. The van der Waals surface area contributed by atoms with Crippen molar-refractivity contribution >= 4 is 34.9 Å². The normalized spacial score (nSPS) is 10.6.